The smallest absolute Gasteiger partial charge is 0.328 e. The minimum atomic E-state index is -2.28. The van der Waals surface area contributed by atoms with Crippen LogP contribution in [0.4, 0.5) is 0 Å². The van der Waals surface area contributed by atoms with E-state index in [1.165, 1.54) is 12.1 Å². The fourth-order valence-corrected chi connectivity index (χ4v) is 1.77. The highest BCUT2D eigenvalue weighted by Gasteiger charge is 2.53. The molecule has 0 aromatic rings. The summed E-state index contributed by atoms with van der Waals surface area (Å²) in [6, 6.07) is 0. The Morgan fingerprint density at radius 1 is 1.47 bits per heavy atom. The van der Waals surface area contributed by atoms with Gasteiger partial charge in [0.2, 0.25) is 5.41 Å². The summed E-state index contributed by atoms with van der Waals surface area (Å²) in [5.74, 6) is -1.90. The Morgan fingerprint density at radius 3 is 2.40 bits per heavy atom. The zero-order chi connectivity index (χ0) is 11.6. The summed E-state index contributed by atoms with van der Waals surface area (Å²) in [5.41, 5.74) is -2.79. The van der Waals surface area contributed by atoms with Crippen LogP contribution >= 0.6 is 15.9 Å². The van der Waals surface area contributed by atoms with E-state index in [-0.39, 0.29) is 6.42 Å². The fraction of sp³-hybridized carbons (Fsp3) is 0.250. The van der Waals surface area contributed by atoms with E-state index in [0.29, 0.717) is 4.48 Å². The zero-order valence-corrected chi connectivity index (χ0v) is 8.87. The van der Waals surface area contributed by atoms with Gasteiger partial charge in [-0.3, -0.25) is 9.59 Å². The number of allylic oxidation sites excluding steroid dienone is 1. The second-order valence-corrected chi connectivity index (χ2v) is 3.92. The molecular formula is C8H6BrNO5. The van der Waals surface area contributed by atoms with Gasteiger partial charge in [0.05, 0.1) is 0 Å². The maximum atomic E-state index is 11.0. The molecule has 0 fully saturated rings. The van der Waals surface area contributed by atoms with Crippen molar-refractivity contribution in [1.82, 2.24) is 5.32 Å². The van der Waals surface area contributed by atoms with Gasteiger partial charge >= 0.3 is 11.9 Å². The van der Waals surface area contributed by atoms with E-state index >= 15 is 0 Å². The third-order valence-corrected chi connectivity index (χ3v) is 2.58. The highest BCUT2D eigenvalue weighted by Crippen LogP contribution is 2.37. The fourth-order valence-electron chi connectivity index (χ4n) is 1.24. The average molecular weight is 276 g/mol. The Balaban J connectivity index is 3.39. The van der Waals surface area contributed by atoms with Crippen LogP contribution in [0.5, 0.6) is 0 Å². The van der Waals surface area contributed by atoms with E-state index in [1.54, 1.807) is 0 Å². The van der Waals surface area contributed by atoms with Crippen molar-refractivity contribution < 1.29 is 24.6 Å². The Morgan fingerprint density at radius 2 is 2.00 bits per heavy atom. The summed E-state index contributed by atoms with van der Waals surface area (Å²) >= 11 is 2.99. The number of halogens is 1. The molecule has 0 aliphatic carbocycles. The number of rotatable bonds is 2. The van der Waals surface area contributed by atoms with Crippen LogP contribution < -0.4 is 5.32 Å². The van der Waals surface area contributed by atoms with Crippen molar-refractivity contribution in [2.45, 2.75) is 6.42 Å². The Hall–Kier alpha value is -1.59. The van der Waals surface area contributed by atoms with Gasteiger partial charge in [0.1, 0.15) is 11.6 Å². The van der Waals surface area contributed by atoms with Gasteiger partial charge in [-0.25, -0.2) is 4.79 Å². The lowest BCUT2D eigenvalue weighted by atomic mass is 9.80. The number of hydrogen-bond donors (Lipinski definition) is 3. The van der Waals surface area contributed by atoms with E-state index < -0.39 is 23.1 Å². The van der Waals surface area contributed by atoms with Crippen molar-refractivity contribution in [1.29, 1.82) is 0 Å². The SMILES string of the molecule is O=C=C1NC=C(Br)CC1(C(=O)O)C(=O)O. The number of aliphatic carboxylic acids is 2. The molecular weight excluding hydrogens is 270 g/mol. The summed E-state index contributed by atoms with van der Waals surface area (Å²) in [7, 11) is 0. The Labute approximate surface area is 92.4 Å². The zero-order valence-electron chi connectivity index (χ0n) is 7.28. The summed E-state index contributed by atoms with van der Waals surface area (Å²) in [6.45, 7) is 0. The summed E-state index contributed by atoms with van der Waals surface area (Å²) < 4.78 is 0.353. The molecule has 0 saturated carbocycles. The predicted octanol–water partition coefficient (Wildman–Crippen LogP) is 0.0871. The van der Waals surface area contributed by atoms with Crippen molar-refractivity contribution in [3.8, 4) is 0 Å². The van der Waals surface area contributed by atoms with E-state index in [9.17, 15) is 14.4 Å². The van der Waals surface area contributed by atoms with Gasteiger partial charge in [0.15, 0.2) is 0 Å². The third kappa shape index (κ3) is 1.67. The monoisotopic (exact) mass is 275 g/mol. The van der Waals surface area contributed by atoms with Crippen molar-refractivity contribution in [2.24, 2.45) is 5.41 Å². The quantitative estimate of drug-likeness (QED) is 0.487. The molecule has 3 N–H and O–H groups in total. The van der Waals surface area contributed by atoms with E-state index in [4.69, 9.17) is 10.2 Å². The molecule has 0 aromatic carbocycles. The van der Waals surface area contributed by atoms with Gasteiger partial charge < -0.3 is 15.5 Å². The molecule has 7 heteroatoms. The second kappa shape index (κ2) is 3.88. The first-order valence-corrected chi connectivity index (χ1v) is 4.58. The lowest BCUT2D eigenvalue weighted by Crippen LogP contribution is -2.46. The third-order valence-electron chi connectivity index (χ3n) is 2.07. The molecule has 6 nitrogen and oxygen atoms in total. The largest absolute Gasteiger partial charge is 0.480 e. The number of hydrogen-bond acceptors (Lipinski definition) is 4. The van der Waals surface area contributed by atoms with Crippen molar-refractivity contribution in [3.05, 3.63) is 16.4 Å². The number of carbonyl (C=O) groups is 2. The minimum absolute atomic E-state index is 0.324. The lowest BCUT2D eigenvalue weighted by Gasteiger charge is -2.28. The van der Waals surface area contributed by atoms with Crippen molar-refractivity contribution in [3.63, 3.8) is 0 Å². The molecule has 0 unspecified atom stereocenters. The van der Waals surface area contributed by atoms with Crippen LogP contribution in [0.3, 0.4) is 0 Å². The maximum absolute atomic E-state index is 11.0. The molecule has 0 spiro atoms. The van der Waals surface area contributed by atoms with Crippen LogP contribution in [0.1, 0.15) is 6.42 Å². The molecule has 0 bridgehead atoms. The number of carboxylic acids is 2. The number of nitrogens with one attached hydrogen (secondary N) is 1. The van der Waals surface area contributed by atoms with Crippen LogP contribution in [-0.2, 0) is 14.4 Å². The topological polar surface area (TPSA) is 104 Å². The highest BCUT2D eigenvalue weighted by molar-refractivity contribution is 9.11. The van der Waals surface area contributed by atoms with Crippen molar-refractivity contribution in [2.75, 3.05) is 0 Å². The van der Waals surface area contributed by atoms with Crippen LogP contribution in [0.15, 0.2) is 16.4 Å². The normalized spacial score (nSPS) is 18.5. The first kappa shape index (κ1) is 11.5. The van der Waals surface area contributed by atoms with Crippen LogP contribution in [0.25, 0.3) is 0 Å². The van der Waals surface area contributed by atoms with Gasteiger partial charge in [-0.1, -0.05) is 15.9 Å². The van der Waals surface area contributed by atoms with Crippen LogP contribution in [-0.4, -0.2) is 28.1 Å². The molecule has 0 radical (unpaired) electrons. The summed E-state index contributed by atoms with van der Waals surface area (Å²) in [4.78, 5) is 32.4. The molecule has 1 rings (SSSR count). The van der Waals surface area contributed by atoms with E-state index in [0.717, 1.165) is 0 Å². The summed E-state index contributed by atoms with van der Waals surface area (Å²) in [5, 5.41) is 20.1. The molecule has 0 saturated heterocycles. The molecule has 0 aromatic heterocycles. The lowest BCUT2D eigenvalue weighted by molar-refractivity contribution is -0.161. The molecule has 1 heterocycles. The first-order chi connectivity index (χ1) is 6.95. The van der Waals surface area contributed by atoms with Gasteiger partial charge in [-0.2, -0.15) is 0 Å². The minimum Gasteiger partial charge on any atom is -0.480 e. The molecule has 1 aliphatic heterocycles. The average Bonchev–Trinajstić information content (AvgIpc) is 2.16. The van der Waals surface area contributed by atoms with Gasteiger partial charge in [-0.15, -0.1) is 0 Å². The molecule has 1 aliphatic rings. The standard InChI is InChI=1S/C8H6BrNO5/c9-4-1-8(6(12)13,7(14)15)5(3-11)10-2-4/h2,10H,1H2,(H,12,13)(H,14,15). The highest BCUT2D eigenvalue weighted by atomic mass is 79.9. The van der Waals surface area contributed by atoms with Crippen LogP contribution in [0, 0.1) is 5.41 Å². The van der Waals surface area contributed by atoms with E-state index in [2.05, 4.69) is 21.2 Å². The Kier molecular flexibility index (Phi) is 2.97. The first-order valence-electron chi connectivity index (χ1n) is 3.78. The van der Waals surface area contributed by atoms with Gasteiger partial charge in [0.25, 0.3) is 0 Å². The van der Waals surface area contributed by atoms with E-state index in [1.807, 2.05) is 0 Å². The summed E-state index contributed by atoms with van der Waals surface area (Å²) in [6.07, 6.45) is 0.986. The number of carboxylic acid groups (broad SMARTS) is 2. The maximum Gasteiger partial charge on any atom is 0.328 e. The molecule has 0 atom stereocenters. The van der Waals surface area contributed by atoms with Crippen LogP contribution in [0.2, 0.25) is 0 Å². The molecule has 15 heavy (non-hydrogen) atoms. The van der Waals surface area contributed by atoms with Crippen molar-refractivity contribution >= 4 is 33.8 Å². The van der Waals surface area contributed by atoms with Gasteiger partial charge in [0, 0.05) is 17.1 Å². The second-order valence-electron chi connectivity index (χ2n) is 2.91. The van der Waals surface area contributed by atoms with Gasteiger partial charge in [-0.05, 0) is 0 Å². The number of carbonyl (C=O) groups excluding carboxylic acids is 1. The Bertz CT molecular complexity index is 393. The molecule has 0 amide bonds. The molecule has 80 valence electrons. The predicted molar refractivity (Wildman–Crippen MR) is 51.7 cm³/mol.